The molecule has 1 nitrogen and oxygen atoms in total. The maximum Gasteiger partial charge on any atom is 0.0100 e. The molecular formula is C15H31N. The van der Waals surface area contributed by atoms with Crippen LogP contribution in [0.25, 0.3) is 0 Å². The van der Waals surface area contributed by atoms with Gasteiger partial charge in [-0.2, -0.15) is 0 Å². The van der Waals surface area contributed by atoms with Crippen LogP contribution in [0.4, 0.5) is 0 Å². The minimum absolute atomic E-state index is 0.405. The third-order valence-electron chi connectivity index (χ3n) is 3.92. The molecule has 0 spiro atoms. The highest BCUT2D eigenvalue weighted by atomic mass is 14.9. The zero-order chi connectivity index (χ0) is 12.3. The van der Waals surface area contributed by atoms with Crippen LogP contribution in [0.1, 0.15) is 60.8 Å². The van der Waals surface area contributed by atoms with Crippen LogP contribution >= 0.6 is 0 Å². The van der Waals surface area contributed by atoms with Gasteiger partial charge in [-0.3, -0.25) is 0 Å². The summed E-state index contributed by atoms with van der Waals surface area (Å²) in [4.78, 5) is 0. The fraction of sp³-hybridized carbons (Fsp3) is 1.00. The molecule has 0 aromatic carbocycles. The SMILES string of the molecule is CC1CCC(C(C)C)C(NCC(C)(C)C)C1. The number of hydrogen-bond acceptors (Lipinski definition) is 1. The van der Waals surface area contributed by atoms with Gasteiger partial charge in [0.05, 0.1) is 0 Å². The van der Waals surface area contributed by atoms with Gasteiger partial charge in [-0.1, -0.05) is 48.0 Å². The molecule has 0 radical (unpaired) electrons. The first kappa shape index (κ1) is 14.0. The van der Waals surface area contributed by atoms with Crippen molar-refractivity contribution in [2.24, 2.45) is 23.2 Å². The lowest BCUT2D eigenvalue weighted by atomic mass is 9.73. The van der Waals surface area contributed by atoms with Gasteiger partial charge in [0.15, 0.2) is 0 Å². The molecule has 3 atom stereocenters. The van der Waals surface area contributed by atoms with Crippen LogP contribution in [0.15, 0.2) is 0 Å². The minimum atomic E-state index is 0.405. The van der Waals surface area contributed by atoms with Crippen LogP contribution in [0.2, 0.25) is 0 Å². The topological polar surface area (TPSA) is 12.0 Å². The number of rotatable bonds is 3. The molecule has 1 aliphatic rings. The maximum atomic E-state index is 3.82. The predicted octanol–water partition coefficient (Wildman–Crippen LogP) is 4.08. The predicted molar refractivity (Wildman–Crippen MR) is 72.6 cm³/mol. The van der Waals surface area contributed by atoms with Crippen molar-refractivity contribution in [2.45, 2.75) is 66.8 Å². The Morgan fingerprint density at radius 1 is 1.19 bits per heavy atom. The summed E-state index contributed by atoms with van der Waals surface area (Å²) < 4.78 is 0. The lowest BCUT2D eigenvalue weighted by molar-refractivity contribution is 0.159. The third kappa shape index (κ3) is 4.45. The van der Waals surface area contributed by atoms with E-state index in [1.165, 1.54) is 19.3 Å². The molecule has 0 aliphatic heterocycles. The molecule has 0 bridgehead atoms. The van der Waals surface area contributed by atoms with E-state index in [4.69, 9.17) is 0 Å². The van der Waals surface area contributed by atoms with Crippen molar-refractivity contribution >= 4 is 0 Å². The van der Waals surface area contributed by atoms with Crippen molar-refractivity contribution in [3.05, 3.63) is 0 Å². The summed E-state index contributed by atoms with van der Waals surface area (Å²) in [6.45, 7) is 15.3. The van der Waals surface area contributed by atoms with Crippen LogP contribution in [-0.4, -0.2) is 12.6 Å². The summed E-state index contributed by atoms with van der Waals surface area (Å²) in [5.74, 6) is 2.62. The Kier molecular flexibility index (Phi) is 4.85. The zero-order valence-corrected chi connectivity index (χ0v) is 12.1. The molecule has 96 valence electrons. The first-order chi connectivity index (χ1) is 7.29. The Morgan fingerprint density at radius 3 is 2.31 bits per heavy atom. The highest BCUT2D eigenvalue weighted by Gasteiger charge is 2.30. The summed E-state index contributed by atoms with van der Waals surface area (Å²) in [5.41, 5.74) is 0.405. The van der Waals surface area contributed by atoms with Gasteiger partial charge < -0.3 is 5.32 Å². The second-order valence-electron chi connectivity index (χ2n) is 7.37. The van der Waals surface area contributed by atoms with E-state index in [2.05, 4.69) is 46.9 Å². The van der Waals surface area contributed by atoms with Gasteiger partial charge >= 0.3 is 0 Å². The van der Waals surface area contributed by atoms with E-state index in [1.807, 2.05) is 0 Å². The average Bonchev–Trinajstić information content (AvgIpc) is 2.13. The third-order valence-corrected chi connectivity index (χ3v) is 3.92. The van der Waals surface area contributed by atoms with E-state index in [0.717, 1.165) is 30.3 Å². The van der Waals surface area contributed by atoms with Crippen molar-refractivity contribution < 1.29 is 0 Å². The van der Waals surface area contributed by atoms with Crippen molar-refractivity contribution in [1.29, 1.82) is 0 Å². The minimum Gasteiger partial charge on any atom is -0.313 e. The van der Waals surface area contributed by atoms with Crippen LogP contribution in [-0.2, 0) is 0 Å². The quantitative estimate of drug-likeness (QED) is 0.763. The summed E-state index contributed by atoms with van der Waals surface area (Å²) >= 11 is 0. The van der Waals surface area contributed by atoms with E-state index in [0.29, 0.717) is 5.41 Å². The summed E-state index contributed by atoms with van der Waals surface area (Å²) in [6, 6.07) is 0.753. The van der Waals surface area contributed by atoms with Gasteiger partial charge in [0, 0.05) is 12.6 Å². The van der Waals surface area contributed by atoms with Crippen LogP contribution in [0.5, 0.6) is 0 Å². The first-order valence-corrected chi connectivity index (χ1v) is 7.03. The fourth-order valence-corrected chi connectivity index (χ4v) is 2.87. The van der Waals surface area contributed by atoms with Gasteiger partial charge in [-0.15, -0.1) is 0 Å². The molecule has 1 heteroatoms. The van der Waals surface area contributed by atoms with Gasteiger partial charge in [0.2, 0.25) is 0 Å². The van der Waals surface area contributed by atoms with Crippen molar-refractivity contribution in [1.82, 2.24) is 5.32 Å². The highest BCUT2D eigenvalue weighted by Crippen LogP contribution is 2.33. The van der Waals surface area contributed by atoms with Crippen LogP contribution < -0.4 is 5.32 Å². The molecule has 16 heavy (non-hydrogen) atoms. The van der Waals surface area contributed by atoms with Crippen molar-refractivity contribution in [2.75, 3.05) is 6.54 Å². The molecule has 0 aromatic heterocycles. The normalized spacial score (nSPS) is 32.1. The van der Waals surface area contributed by atoms with Gasteiger partial charge in [0.25, 0.3) is 0 Å². The van der Waals surface area contributed by atoms with Crippen molar-refractivity contribution in [3.8, 4) is 0 Å². The molecule has 1 N–H and O–H groups in total. The Morgan fingerprint density at radius 2 is 1.81 bits per heavy atom. The standard InChI is InChI=1S/C15H31N/c1-11(2)13-8-7-12(3)9-14(13)16-10-15(4,5)6/h11-14,16H,7-10H2,1-6H3. The molecule has 0 amide bonds. The summed E-state index contributed by atoms with van der Waals surface area (Å²) in [7, 11) is 0. The van der Waals surface area contributed by atoms with E-state index in [-0.39, 0.29) is 0 Å². The Bertz CT molecular complexity index is 202. The largest absolute Gasteiger partial charge is 0.313 e. The summed E-state index contributed by atoms with van der Waals surface area (Å²) in [6.07, 6.45) is 4.22. The van der Waals surface area contributed by atoms with E-state index < -0.39 is 0 Å². The molecule has 1 rings (SSSR count). The van der Waals surface area contributed by atoms with Gasteiger partial charge in [-0.05, 0) is 36.0 Å². The van der Waals surface area contributed by atoms with E-state index >= 15 is 0 Å². The molecular weight excluding hydrogens is 194 g/mol. The second kappa shape index (κ2) is 5.53. The van der Waals surface area contributed by atoms with Crippen LogP contribution in [0.3, 0.4) is 0 Å². The molecule has 0 saturated heterocycles. The lowest BCUT2D eigenvalue weighted by Crippen LogP contribution is -2.45. The molecule has 1 saturated carbocycles. The molecule has 1 fully saturated rings. The van der Waals surface area contributed by atoms with Crippen molar-refractivity contribution in [3.63, 3.8) is 0 Å². The maximum absolute atomic E-state index is 3.82. The Balaban J connectivity index is 2.51. The smallest absolute Gasteiger partial charge is 0.0100 e. The Labute approximate surface area is 102 Å². The molecule has 1 aliphatic carbocycles. The Hall–Kier alpha value is -0.0400. The summed E-state index contributed by atoms with van der Waals surface area (Å²) in [5, 5.41) is 3.82. The van der Waals surface area contributed by atoms with Gasteiger partial charge in [0.1, 0.15) is 0 Å². The van der Waals surface area contributed by atoms with E-state index in [9.17, 15) is 0 Å². The number of nitrogens with one attached hydrogen (secondary N) is 1. The van der Waals surface area contributed by atoms with Crippen LogP contribution in [0, 0.1) is 23.2 Å². The molecule has 0 heterocycles. The first-order valence-electron chi connectivity index (χ1n) is 7.03. The molecule has 0 aromatic rings. The molecule has 3 unspecified atom stereocenters. The van der Waals surface area contributed by atoms with Gasteiger partial charge in [-0.25, -0.2) is 0 Å². The lowest BCUT2D eigenvalue weighted by Gasteiger charge is -2.39. The fourth-order valence-electron chi connectivity index (χ4n) is 2.87. The monoisotopic (exact) mass is 225 g/mol. The number of hydrogen-bond donors (Lipinski definition) is 1. The second-order valence-corrected chi connectivity index (χ2v) is 7.37. The average molecular weight is 225 g/mol. The van der Waals surface area contributed by atoms with E-state index in [1.54, 1.807) is 0 Å². The highest BCUT2D eigenvalue weighted by molar-refractivity contribution is 4.86. The zero-order valence-electron chi connectivity index (χ0n) is 12.1.